The summed E-state index contributed by atoms with van der Waals surface area (Å²) in [5.74, 6) is 1.18. The van der Waals surface area contributed by atoms with E-state index in [9.17, 15) is 9.59 Å². The highest BCUT2D eigenvalue weighted by molar-refractivity contribution is 5.95. The molecular formula is C18H25N3O2. The second-order valence-electron chi connectivity index (χ2n) is 6.70. The Hall–Kier alpha value is -1.88. The van der Waals surface area contributed by atoms with Gasteiger partial charge in [0.25, 0.3) is 11.8 Å². The number of amides is 2. The van der Waals surface area contributed by atoms with Crippen molar-refractivity contribution in [3.8, 4) is 0 Å². The van der Waals surface area contributed by atoms with Gasteiger partial charge in [-0.25, -0.2) is 0 Å². The van der Waals surface area contributed by atoms with E-state index in [1.165, 1.54) is 32.1 Å². The van der Waals surface area contributed by atoms with Crippen molar-refractivity contribution in [2.45, 2.75) is 32.1 Å². The Balaban J connectivity index is 1.42. The van der Waals surface area contributed by atoms with Crippen LogP contribution < -0.4 is 10.9 Å². The number of fused-ring (bicyclic) bond motifs is 1. The first kappa shape index (κ1) is 16.0. The van der Waals surface area contributed by atoms with Crippen molar-refractivity contribution in [1.29, 1.82) is 0 Å². The van der Waals surface area contributed by atoms with Crippen LogP contribution in [0.25, 0.3) is 0 Å². The summed E-state index contributed by atoms with van der Waals surface area (Å²) >= 11 is 0. The second-order valence-corrected chi connectivity index (χ2v) is 6.70. The molecule has 0 unspecified atom stereocenters. The molecule has 3 rings (SSSR count). The number of benzene rings is 1. The monoisotopic (exact) mass is 315 g/mol. The van der Waals surface area contributed by atoms with Crippen LogP contribution in [0.4, 0.5) is 0 Å². The molecule has 1 aromatic carbocycles. The molecule has 2 aliphatic rings. The minimum Gasteiger partial charge on any atom is -0.294 e. The van der Waals surface area contributed by atoms with E-state index in [0.29, 0.717) is 12.1 Å². The van der Waals surface area contributed by atoms with Crippen LogP contribution in [-0.4, -0.2) is 36.3 Å². The highest BCUT2D eigenvalue weighted by Gasteiger charge is 2.31. The smallest absolute Gasteiger partial charge is 0.269 e. The van der Waals surface area contributed by atoms with Gasteiger partial charge in [0.15, 0.2) is 0 Å². The van der Waals surface area contributed by atoms with Gasteiger partial charge in [0, 0.05) is 12.1 Å². The molecule has 2 atom stereocenters. The van der Waals surface area contributed by atoms with Crippen molar-refractivity contribution < 1.29 is 9.59 Å². The van der Waals surface area contributed by atoms with E-state index in [-0.39, 0.29) is 11.8 Å². The summed E-state index contributed by atoms with van der Waals surface area (Å²) < 4.78 is 0. The maximum atomic E-state index is 12.0. The topological polar surface area (TPSA) is 61.4 Å². The van der Waals surface area contributed by atoms with Crippen LogP contribution in [-0.2, 0) is 4.79 Å². The number of carbonyl (C=O) groups is 2. The minimum absolute atomic E-state index is 0.149. The van der Waals surface area contributed by atoms with Gasteiger partial charge >= 0.3 is 0 Å². The molecule has 5 nitrogen and oxygen atoms in total. The molecule has 0 aromatic heterocycles. The lowest BCUT2D eigenvalue weighted by Crippen LogP contribution is -2.49. The maximum Gasteiger partial charge on any atom is 0.269 e. The van der Waals surface area contributed by atoms with E-state index < -0.39 is 0 Å². The van der Waals surface area contributed by atoms with Gasteiger partial charge < -0.3 is 0 Å². The second kappa shape index (κ2) is 7.59. The predicted molar refractivity (Wildman–Crippen MR) is 88.6 cm³/mol. The zero-order valence-corrected chi connectivity index (χ0v) is 13.5. The van der Waals surface area contributed by atoms with Crippen molar-refractivity contribution in [2.24, 2.45) is 11.8 Å². The summed E-state index contributed by atoms with van der Waals surface area (Å²) in [7, 11) is 0. The molecule has 124 valence electrons. The number of hydrogen-bond acceptors (Lipinski definition) is 3. The molecule has 1 saturated carbocycles. The van der Waals surface area contributed by atoms with E-state index in [0.717, 1.165) is 24.9 Å². The van der Waals surface area contributed by atoms with Gasteiger partial charge in [-0.15, -0.1) is 0 Å². The van der Waals surface area contributed by atoms with E-state index in [4.69, 9.17) is 0 Å². The zero-order chi connectivity index (χ0) is 16.1. The summed E-state index contributed by atoms with van der Waals surface area (Å²) in [6.07, 6.45) is 6.56. The van der Waals surface area contributed by atoms with Gasteiger partial charge in [0.1, 0.15) is 0 Å². The molecule has 1 aromatic rings. The molecule has 1 heterocycles. The van der Waals surface area contributed by atoms with Gasteiger partial charge in [-0.05, 0) is 43.4 Å². The molecule has 5 heteroatoms. The van der Waals surface area contributed by atoms with E-state index >= 15 is 0 Å². The van der Waals surface area contributed by atoms with Crippen LogP contribution in [0.5, 0.6) is 0 Å². The first-order valence-corrected chi connectivity index (χ1v) is 8.59. The SMILES string of the molecule is O=C(CN1CC[C@@H]2CCCC[C@@H]2C1)NNC(=O)c1ccccc1. The Morgan fingerprint density at radius 1 is 1.00 bits per heavy atom. The molecule has 2 fully saturated rings. The summed E-state index contributed by atoms with van der Waals surface area (Å²) in [6, 6.07) is 8.88. The fraction of sp³-hybridized carbons (Fsp3) is 0.556. The fourth-order valence-corrected chi connectivity index (χ4v) is 3.85. The molecule has 0 bridgehead atoms. The lowest BCUT2D eigenvalue weighted by molar-refractivity contribution is -0.123. The first-order valence-electron chi connectivity index (χ1n) is 8.59. The number of rotatable bonds is 3. The van der Waals surface area contributed by atoms with Crippen molar-refractivity contribution in [2.75, 3.05) is 19.6 Å². The summed E-state index contributed by atoms with van der Waals surface area (Å²) in [6.45, 7) is 2.37. The molecule has 2 N–H and O–H groups in total. The lowest BCUT2D eigenvalue weighted by Gasteiger charge is -2.41. The molecule has 0 radical (unpaired) electrons. The number of hydrogen-bond donors (Lipinski definition) is 2. The number of piperidine rings is 1. The van der Waals surface area contributed by atoms with Gasteiger partial charge in [0.05, 0.1) is 6.54 Å². The van der Waals surface area contributed by atoms with Crippen LogP contribution in [0.15, 0.2) is 30.3 Å². The van der Waals surface area contributed by atoms with Crippen LogP contribution in [0.2, 0.25) is 0 Å². The standard InChI is InChI=1S/C18H25N3O2/c22-17(19-20-18(23)15-7-2-1-3-8-15)13-21-11-10-14-6-4-5-9-16(14)12-21/h1-3,7-8,14,16H,4-6,9-13H2,(H,19,22)(H,20,23)/t14-,16+/m0/s1. The van der Waals surface area contributed by atoms with Gasteiger partial charge in [-0.3, -0.25) is 25.3 Å². The lowest BCUT2D eigenvalue weighted by atomic mass is 9.75. The van der Waals surface area contributed by atoms with Gasteiger partial charge in [-0.2, -0.15) is 0 Å². The molecule has 23 heavy (non-hydrogen) atoms. The molecule has 1 aliphatic carbocycles. The Bertz CT molecular complexity index is 546. The number of carbonyl (C=O) groups excluding carboxylic acids is 2. The van der Waals surface area contributed by atoms with Crippen LogP contribution in [0, 0.1) is 11.8 Å². The third kappa shape index (κ3) is 4.32. The Morgan fingerprint density at radius 3 is 2.52 bits per heavy atom. The number of nitrogens with one attached hydrogen (secondary N) is 2. The molecule has 1 aliphatic heterocycles. The first-order chi connectivity index (χ1) is 11.2. The van der Waals surface area contributed by atoms with Crippen LogP contribution >= 0.6 is 0 Å². The van der Waals surface area contributed by atoms with E-state index in [1.807, 2.05) is 6.07 Å². The quantitative estimate of drug-likeness (QED) is 0.838. The molecular weight excluding hydrogens is 290 g/mol. The number of nitrogens with zero attached hydrogens (tertiary/aromatic N) is 1. The van der Waals surface area contributed by atoms with Crippen molar-refractivity contribution in [1.82, 2.24) is 15.8 Å². The summed E-state index contributed by atoms with van der Waals surface area (Å²) in [4.78, 5) is 26.1. The highest BCUT2D eigenvalue weighted by Crippen LogP contribution is 2.35. The predicted octanol–water partition coefficient (Wildman–Crippen LogP) is 1.96. The molecule has 2 amide bonds. The average Bonchev–Trinajstić information content (AvgIpc) is 2.60. The Labute approximate surface area is 137 Å². The average molecular weight is 315 g/mol. The third-order valence-corrected chi connectivity index (χ3v) is 5.09. The van der Waals surface area contributed by atoms with E-state index in [1.54, 1.807) is 24.3 Å². The zero-order valence-electron chi connectivity index (χ0n) is 13.5. The third-order valence-electron chi connectivity index (χ3n) is 5.09. The Kier molecular flexibility index (Phi) is 5.28. The van der Waals surface area contributed by atoms with Crippen LogP contribution in [0.1, 0.15) is 42.5 Å². The maximum absolute atomic E-state index is 12.0. The number of hydrazine groups is 1. The fourth-order valence-electron chi connectivity index (χ4n) is 3.85. The minimum atomic E-state index is -0.287. The van der Waals surface area contributed by atoms with E-state index in [2.05, 4.69) is 15.8 Å². The molecule has 0 spiro atoms. The normalized spacial score (nSPS) is 24.5. The number of likely N-dealkylation sites (tertiary alicyclic amines) is 1. The van der Waals surface area contributed by atoms with Crippen molar-refractivity contribution in [3.05, 3.63) is 35.9 Å². The van der Waals surface area contributed by atoms with Crippen LogP contribution in [0.3, 0.4) is 0 Å². The van der Waals surface area contributed by atoms with Crippen molar-refractivity contribution >= 4 is 11.8 Å². The van der Waals surface area contributed by atoms with Gasteiger partial charge in [-0.1, -0.05) is 37.5 Å². The van der Waals surface area contributed by atoms with Crippen molar-refractivity contribution in [3.63, 3.8) is 0 Å². The Morgan fingerprint density at radius 2 is 1.74 bits per heavy atom. The highest BCUT2D eigenvalue weighted by atomic mass is 16.2. The summed E-state index contributed by atoms with van der Waals surface area (Å²) in [5, 5.41) is 0. The molecule has 1 saturated heterocycles. The van der Waals surface area contributed by atoms with Gasteiger partial charge in [0.2, 0.25) is 0 Å². The summed E-state index contributed by atoms with van der Waals surface area (Å²) in [5.41, 5.74) is 5.54. The largest absolute Gasteiger partial charge is 0.294 e.